The van der Waals surface area contributed by atoms with Crippen molar-refractivity contribution in [2.24, 2.45) is 0 Å². The van der Waals surface area contributed by atoms with E-state index < -0.39 is 0 Å². The summed E-state index contributed by atoms with van der Waals surface area (Å²) in [6, 6.07) is 0. The van der Waals surface area contributed by atoms with E-state index in [-0.39, 0.29) is 11.9 Å². The third kappa shape index (κ3) is 14.2. The van der Waals surface area contributed by atoms with Gasteiger partial charge in [-0.15, -0.1) is 0 Å². The number of carbonyl (C=O) groups is 2. The van der Waals surface area contributed by atoms with Crippen molar-refractivity contribution in [3.8, 4) is 0 Å². The predicted molar refractivity (Wildman–Crippen MR) is 85.4 cm³/mol. The first-order chi connectivity index (χ1) is 9.20. The lowest BCUT2D eigenvalue weighted by Gasteiger charge is -2.05. The van der Waals surface area contributed by atoms with Gasteiger partial charge in [0.2, 0.25) is 0 Å². The SMILES string of the molecule is O=C(CCS)OCCCSCCCOC(=O)CCS. The second kappa shape index (κ2) is 14.4. The quantitative estimate of drug-likeness (QED) is 0.327. The topological polar surface area (TPSA) is 52.6 Å². The second-order valence-corrected chi connectivity index (χ2v) is 5.83. The van der Waals surface area contributed by atoms with Crippen LogP contribution in [-0.4, -0.2) is 48.2 Å². The standard InChI is InChI=1S/C12H22O4S3/c13-11(3-7-17)15-5-1-9-19-10-2-6-16-12(14)4-8-18/h17-18H,1-10H2. The van der Waals surface area contributed by atoms with Crippen molar-refractivity contribution in [3.63, 3.8) is 0 Å². The first kappa shape index (κ1) is 19.0. The molecule has 0 aliphatic heterocycles. The van der Waals surface area contributed by atoms with Gasteiger partial charge in [-0.3, -0.25) is 9.59 Å². The molecule has 0 aromatic carbocycles. The Morgan fingerprint density at radius 1 is 0.842 bits per heavy atom. The van der Waals surface area contributed by atoms with Gasteiger partial charge in [-0.2, -0.15) is 37.0 Å². The zero-order chi connectivity index (χ0) is 14.3. The van der Waals surface area contributed by atoms with E-state index in [1.54, 1.807) is 11.8 Å². The maximum absolute atomic E-state index is 11.0. The van der Waals surface area contributed by atoms with Crippen LogP contribution in [0.2, 0.25) is 0 Å². The fraction of sp³-hybridized carbons (Fsp3) is 0.833. The molecule has 0 spiro atoms. The highest BCUT2D eigenvalue weighted by Crippen LogP contribution is 2.05. The lowest BCUT2D eigenvalue weighted by atomic mass is 10.5. The van der Waals surface area contributed by atoms with E-state index in [0.717, 1.165) is 24.3 Å². The third-order valence-electron chi connectivity index (χ3n) is 2.02. The van der Waals surface area contributed by atoms with Crippen molar-refractivity contribution in [2.75, 3.05) is 36.2 Å². The number of thiol groups is 2. The van der Waals surface area contributed by atoms with Crippen LogP contribution in [0.3, 0.4) is 0 Å². The van der Waals surface area contributed by atoms with E-state index >= 15 is 0 Å². The zero-order valence-electron chi connectivity index (χ0n) is 11.0. The van der Waals surface area contributed by atoms with Gasteiger partial charge in [-0.1, -0.05) is 0 Å². The van der Waals surface area contributed by atoms with Gasteiger partial charge in [0, 0.05) is 11.5 Å². The molecule has 0 rings (SSSR count). The largest absolute Gasteiger partial charge is 0.466 e. The Hall–Kier alpha value is -0.0100. The predicted octanol–water partition coefficient (Wildman–Crippen LogP) is 2.23. The molecule has 0 N–H and O–H groups in total. The van der Waals surface area contributed by atoms with Crippen molar-refractivity contribution in [1.29, 1.82) is 0 Å². The first-order valence-corrected chi connectivity index (χ1v) is 8.73. The molecule has 0 aliphatic rings. The fourth-order valence-electron chi connectivity index (χ4n) is 1.12. The molecule has 0 saturated heterocycles. The molecule has 4 nitrogen and oxygen atoms in total. The normalized spacial score (nSPS) is 10.2. The Labute approximate surface area is 130 Å². The van der Waals surface area contributed by atoms with Crippen LogP contribution in [0, 0.1) is 0 Å². The van der Waals surface area contributed by atoms with Crippen LogP contribution in [0.1, 0.15) is 25.7 Å². The van der Waals surface area contributed by atoms with E-state index in [2.05, 4.69) is 25.3 Å². The van der Waals surface area contributed by atoms with Crippen LogP contribution < -0.4 is 0 Å². The molecule has 0 radical (unpaired) electrons. The Bertz CT molecular complexity index is 225. The molecule has 19 heavy (non-hydrogen) atoms. The molecular formula is C12H22O4S3. The van der Waals surface area contributed by atoms with Gasteiger partial charge in [0.1, 0.15) is 0 Å². The minimum atomic E-state index is -0.184. The summed E-state index contributed by atoms with van der Waals surface area (Å²) in [7, 11) is 0. The van der Waals surface area contributed by atoms with Crippen LogP contribution in [-0.2, 0) is 19.1 Å². The number of rotatable bonds is 12. The maximum Gasteiger partial charge on any atom is 0.306 e. The highest BCUT2D eigenvalue weighted by atomic mass is 32.2. The van der Waals surface area contributed by atoms with Gasteiger partial charge in [-0.25, -0.2) is 0 Å². The van der Waals surface area contributed by atoms with Gasteiger partial charge < -0.3 is 9.47 Å². The Morgan fingerprint density at radius 3 is 1.63 bits per heavy atom. The summed E-state index contributed by atoms with van der Waals surface area (Å²) in [6.07, 6.45) is 2.44. The monoisotopic (exact) mass is 326 g/mol. The summed E-state index contributed by atoms with van der Waals surface area (Å²) in [5.41, 5.74) is 0. The zero-order valence-corrected chi connectivity index (χ0v) is 13.6. The van der Waals surface area contributed by atoms with Gasteiger partial charge in [0.15, 0.2) is 0 Å². The van der Waals surface area contributed by atoms with Crippen LogP contribution in [0.5, 0.6) is 0 Å². The number of hydrogen-bond donors (Lipinski definition) is 2. The van der Waals surface area contributed by atoms with Crippen molar-refractivity contribution >= 4 is 49.0 Å². The Balaban J connectivity index is 3.15. The van der Waals surface area contributed by atoms with Crippen LogP contribution in [0.4, 0.5) is 0 Å². The summed E-state index contributed by atoms with van der Waals surface area (Å²) in [5.74, 6) is 2.57. The Morgan fingerprint density at radius 2 is 1.26 bits per heavy atom. The van der Waals surface area contributed by atoms with E-state index in [4.69, 9.17) is 9.47 Å². The number of hydrogen-bond acceptors (Lipinski definition) is 7. The molecule has 0 heterocycles. The average Bonchev–Trinajstić information content (AvgIpc) is 2.37. The van der Waals surface area contributed by atoms with Crippen molar-refractivity contribution in [1.82, 2.24) is 0 Å². The van der Waals surface area contributed by atoms with Gasteiger partial charge in [0.05, 0.1) is 26.1 Å². The molecule has 0 amide bonds. The highest BCUT2D eigenvalue weighted by Gasteiger charge is 2.01. The number of esters is 2. The molecule has 0 saturated carbocycles. The van der Waals surface area contributed by atoms with Crippen LogP contribution >= 0.6 is 37.0 Å². The minimum absolute atomic E-state index is 0.184. The summed E-state index contributed by atoms with van der Waals surface area (Å²) >= 11 is 9.68. The lowest BCUT2D eigenvalue weighted by molar-refractivity contribution is -0.144. The molecule has 112 valence electrons. The van der Waals surface area contributed by atoms with E-state index in [1.807, 2.05) is 0 Å². The van der Waals surface area contributed by atoms with E-state index in [9.17, 15) is 9.59 Å². The van der Waals surface area contributed by atoms with Crippen LogP contribution in [0.15, 0.2) is 0 Å². The molecule has 7 heteroatoms. The van der Waals surface area contributed by atoms with Gasteiger partial charge in [0.25, 0.3) is 0 Å². The molecule has 0 bridgehead atoms. The van der Waals surface area contributed by atoms with Crippen LogP contribution in [0.25, 0.3) is 0 Å². The fourth-order valence-corrected chi connectivity index (χ4v) is 2.34. The molecule has 0 aromatic heterocycles. The minimum Gasteiger partial charge on any atom is -0.466 e. The summed E-state index contributed by atoms with van der Waals surface area (Å²) in [5, 5.41) is 0. The van der Waals surface area contributed by atoms with E-state index in [0.29, 0.717) is 37.6 Å². The average molecular weight is 327 g/mol. The summed E-state index contributed by atoms with van der Waals surface area (Å²) in [6.45, 7) is 0.938. The molecule has 0 aromatic rings. The molecule has 0 atom stereocenters. The van der Waals surface area contributed by atoms with Crippen molar-refractivity contribution in [3.05, 3.63) is 0 Å². The molecular weight excluding hydrogens is 304 g/mol. The van der Waals surface area contributed by atoms with Gasteiger partial charge >= 0.3 is 11.9 Å². The summed E-state index contributed by atoms with van der Waals surface area (Å²) in [4.78, 5) is 22.0. The van der Waals surface area contributed by atoms with Gasteiger partial charge in [-0.05, 0) is 24.3 Å². The van der Waals surface area contributed by atoms with E-state index in [1.165, 1.54) is 0 Å². The van der Waals surface area contributed by atoms with Crippen molar-refractivity contribution in [2.45, 2.75) is 25.7 Å². The number of thioether (sulfide) groups is 1. The second-order valence-electron chi connectivity index (χ2n) is 3.71. The third-order valence-corrected chi connectivity index (χ3v) is 3.63. The molecule has 0 aliphatic carbocycles. The highest BCUT2D eigenvalue weighted by molar-refractivity contribution is 7.99. The lowest BCUT2D eigenvalue weighted by Crippen LogP contribution is -2.07. The smallest absolute Gasteiger partial charge is 0.306 e. The maximum atomic E-state index is 11.0. The molecule has 0 unspecified atom stereocenters. The number of carbonyl (C=O) groups excluding carboxylic acids is 2. The first-order valence-electron chi connectivity index (χ1n) is 6.31. The van der Waals surface area contributed by atoms with Crippen molar-refractivity contribution < 1.29 is 19.1 Å². The Kier molecular flexibility index (Phi) is 14.4. The molecule has 0 fully saturated rings. The summed E-state index contributed by atoms with van der Waals surface area (Å²) < 4.78 is 9.98. The number of ether oxygens (including phenoxy) is 2.